The number of anilines is 1. The molecule has 33 heavy (non-hydrogen) atoms. The Morgan fingerprint density at radius 1 is 1.00 bits per heavy atom. The standard InChI is InChI=1S/C25H32FN5O2/c1-2-13-31(25(33)20-5-3-6-20)18-24(32)30-15-4-14-29(16-17-30)23-12-11-22(27-28-23)19-7-9-21(26)10-8-19/h7-12,20H,2-6,13-18H2,1H3. The minimum absolute atomic E-state index is 0.0238. The highest BCUT2D eigenvalue weighted by atomic mass is 19.1. The summed E-state index contributed by atoms with van der Waals surface area (Å²) in [6.07, 6.45) is 4.70. The number of halogens is 1. The third-order valence-electron chi connectivity index (χ3n) is 6.55. The van der Waals surface area contributed by atoms with E-state index in [0.29, 0.717) is 31.9 Å². The smallest absolute Gasteiger partial charge is 0.242 e. The van der Waals surface area contributed by atoms with Gasteiger partial charge in [0.1, 0.15) is 5.82 Å². The van der Waals surface area contributed by atoms with Crippen molar-refractivity contribution in [1.29, 1.82) is 0 Å². The predicted molar refractivity (Wildman–Crippen MR) is 125 cm³/mol. The van der Waals surface area contributed by atoms with Crippen molar-refractivity contribution in [2.75, 3.05) is 44.2 Å². The molecule has 1 saturated carbocycles. The third-order valence-corrected chi connectivity index (χ3v) is 6.55. The molecule has 8 heteroatoms. The number of nitrogens with zero attached hydrogens (tertiary/aromatic N) is 5. The van der Waals surface area contributed by atoms with Crippen molar-refractivity contribution in [3.05, 3.63) is 42.2 Å². The van der Waals surface area contributed by atoms with Crippen LogP contribution in [0.25, 0.3) is 11.3 Å². The molecule has 2 aliphatic rings. The van der Waals surface area contributed by atoms with E-state index >= 15 is 0 Å². The Hall–Kier alpha value is -3.03. The maximum absolute atomic E-state index is 13.1. The molecular weight excluding hydrogens is 421 g/mol. The number of aromatic nitrogens is 2. The summed E-state index contributed by atoms with van der Waals surface area (Å²) in [4.78, 5) is 31.5. The number of benzene rings is 1. The van der Waals surface area contributed by atoms with Crippen LogP contribution in [0, 0.1) is 11.7 Å². The van der Waals surface area contributed by atoms with E-state index in [0.717, 1.165) is 50.0 Å². The first kappa shape index (κ1) is 23.1. The molecule has 1 saturated heterocycles. The molecule has 2 amide bonds. The molecule has 0 bridgehead atoms. The number of hydrogen-bond donors (Lipinski definition) is 0. The maximum Gasteiger partial charge on any atom is 0.242 e. The number of hydrogen-bond acceptors (Lipinski definition) is 5. The van der Waals surface area contributed by atoms with Crippen LogP contribution in [0.5, 0.6) is 0 Å². The van der Waals surface area contributed by atoms with Crippen molar-refractivity contribution in [3.8, 4) is 11.3 Å². The third kappa shape index (κ3) is 5.67. The molecule has 0 spiro atoms. The summed E-state index contributed by atoms with van der Waals surface area (Å²) in [5.74, 6) is 0.765. The van der Waals surface area contributed by atoms with Crippen molar-refractivity contribution in [3.63, 3.8) is 0 Å². The van der Waals surface area contributed by atoms with Crippen LogP contribution in [0.2, 0.25) is 0 Å². The van der Waals surface area contributed by atoms with E-state index in [9.17, 15) is 14.0 Å². The van der Waals surface area contributed by atoms with Crippen molar-refractivity contribution < 1.29 is 14.0 Å². The van der Waals surface area contributed by atoms with Gasteiger partial charge in [-0.1, -0.05) is 13.3 Å². The van der Waals surface area contributed by atoms with Crippen LogP contribution in [-0.2, 0) is 9.59 Å². The molecule has 4 rings (SSSR count). The highest BCUT2D eigenvalue weighted by Gasteiger charge is 2.31. The zero-order valence-corrected chi connectivity index (χ0v) is 19.3. The Morgan fingerprint density at radius 2 is 1.79 bits per heavy atom. The largest absolute Gasteiger partial charge is 0.353 e. The summed E-state index contributed by atoms with van der Waals surface area (Å²) in [6.45, 7) is 5.57. The highest BCUT2D eigenvalue weighted by Crippen LogP contribution is 2.28. The summed E-state index contributed by atoms with van der Waals surface area (Å²) in [5, 5.41) is 8.68. The second-order valence-corrected chi connectivity index (χ2v) is 8.89. The summed E-state index contributed by atoms with van der Waals surface area (Å²) in [5.41, 5.74) is 1.51. The predicted octanol–water partition coefficient (Wildman–Crippen LogP) is 3.36. The van der Waals surface area contributed by atoms with Gasteiger partial charge in [-0.15, -0.1) is 10.2 Å². The summed E-state index contributed by atoms with van der Waals surface area (Å²) in [7, 11) is 0. The minimum atomic E-state index is -0.280. The number of carbonyl (C=O) groups is 2. The van der Waals surface area contributed by atoms with E-state index in [1.165, 1.54) is 12.1 Å². The SMILES string of the molecule is CCCN(CC(=O)N1CCCN(c2ccc(-c3ccc(F)cc3)nn2)CC1)C(=O)C1CCC1. The minimum Gasteiger partial charge on any atom is -0.353 e. The Bertz CT molecular complexity index is 946. The summed E-state index contributed by atoms with van der Waals surface area (Å²) < 4.78 is 13.1. The molecule has 2 fully saturated rings. The fourth-order valence-corrected chi connectivity index (χ4v) is 4.38. The molecular formula is C25H32FN5O2. The molecule has 0 atom stereocenters. The second-order valence-electron chi connectivity index (χ2n) is 8.89. The van der Waals surface area contributed by atoms with Crippen molar-refractivity contribution in [1.82, 2.24) is 20.0 Å². The zero-order valence-electron chi connectivity index (χ0n) is 19.3. The van der Waals surface area contributed by atoms with E-state index in [4.69, 9.17) is 0 Å². The van der Waals surface area contributed by atoms with E-state index in [-0.39, 0.29) is 30.1 Å². The molecule has 2 aromatic rings. The average molecular weight is 454 g/mol. The first-order chi connectivity index (χ1) is 16.0. The summed E-state index contributed by atoms with van der Waals surface area (Å²) in [6, 6.07) is 10.00. The van der Waals surface area contributed by atoms with E-state index in [2.05, 4.69) is 15.1 Å². The Balaban J connectivity index is 1.34. The van der Waals surface area contributed by atoms with Gasteiger partial charge in [0.25, 0.3) is 0 Å². The van der Waals surface area contributed by atoms with Gasteiger partial charge in [0.15, 0.2) is 5.82 Å². The molecule has 1 aromatic heterocycles. The van der Waals surface area contributed by atoms with Crippen LogP contribution in [0.3, 0.4) is 0 Å². The van der Waals surface area contributed by atoms with E-state index in [1.807, 2.05) is 24.0 Å². The molecule has 2 heterocycles. The average Bonchev–Trinajstić information content (AvgIpc) is 3.05. The maximum atomic E-state index is 13.1. The molecule has 7 nitrogen and oxygen atoms in total. The lowest BCUT2D eigenvalue weighted by Gasteiger charge is -2.32. The normalized spacial score (nSPS) is 16.8. The monoisotopic (exact) mass is 453 g/mol. The number of carbonyl (C=O) groups excluding carboxylic acids is 2. The van der Waals surface area contributed by atoms with Crippen molar-refractivity contribution in [2.45, 2.75) is 39.0 Å². The Kier molecular flexibility index (Phi) is 7.52. The van der Waals surface area contributed by atoms with E-state index in [1.54, 1.807) is 17.0 Å². The van der Waals surface area contributed by atoms with Gasteiger partial charge in [-0.25, -0.2) is 4.39 Å². The Morgan fingerprint density at radius 3 is 2.42 bits per heavy atom. The molecule has 1 aromatic carbocycles. The zero-order chi connectivity index (χ0) is 23.2. The van der Waals surface area contributed by atoms with Crippen LogP contribution in [-0.4, -0.2) is 71.1 Å². The van der Waals surface area contributed by atoms with E-state index < -0.39 is 0 Å². The molecule has 0 N–H and O–H groups in total. The van der Waals surface area contributed by atoms with Crippen molar-refractivity contribution >= 4 is 17.6 Å². The van der Waals surface area contributed by atoms with Gasteiger partial charge >= 0.3 is 0 Å². The first-order valence-corrected chi connectivity index (χ1v) is 12.0. The lowest BCUT2D eigenvalue weighted by Crippen LogP contribution is -2.47. The van der Waals surface area contributed by atoms with Gasteiger partial charge in [-0.2, -0.15) is 0 Å². The van der Waals surface area contributed by atoms with Gasteiger partial charge in [0, 0.05) is 44.2 Å². The van der Waals surface area contributed by atoms with Crippen LogP contribution >= 0.6 is 0 Å². The topological polar surface area (TPSA) is 69.6 Å². The van der Waals surface area contributed by atoms with Gasteiger partial charge in [0.2, 0.25) is 11.8 Å². The summed E-state index contributed by atoms with van der Waals surface area (Å²) >= 11 is 0. The fraction of sp³-hybridized carbons (Fsp3) is 0.520. The van der Waals surface area contributed by atoms with Gasteiger partial charge in [-0.05, 0) is 62.1 Å². The second kappa shape index (κ2) is 10.7. The van der Waals surface area contributed by atoms with Crippen molar-refractivity contribution in [2.24, 2.45) is 5.92 Å². The van der Waals surface area contributed by atoms with Gasteiger partial charge in [0.05, 0.1) is 12.2 Å². The fourth-order valence-electron chi connectivity index (χ4n) is 4.38. The van der Waals surface area contributed by atoms with Crippen LogP contribution in [0.15, 0.2) is 36.4 Å². The molecule has 1 aliphatic carbocycles. The van der Waals surface area contributed by atoms with Crippen LogP contribution < -0.4 is 4.90 Å². The number of rotatable bonds is 7. The molecule has 176 valence electrons. The first-order valence-electron chi connectivity index (χ1n) is 12.0. The van der Waals surface area contributed by atoms with Gasteiger partial charge < -0.3 is 14.7 Å². The van der Waals surface area contributed by atoms with Crippen LogP contribution in [0.1, 0.15) is 39.0 Å². The number of amides is 2. The lowest BCUT2D eigenvalue weighted by molar-refractivity contribution is -0.144. The van der Waals surface area contributed by atoms with Crippen LogP contribution in [0.4, 0.5) is 10.2 Å². The highest BCUT2D eigenvalue weighted by molar-refractivity contribution is 5.86. The van der Waals surface area contributed by atoms with Gasteiger partial charge in [-0.3, -0.25) is 9.59 Å². The molecule has 1 aliphatic heterocycles. The lowest BCUT2D eigenvalue weighted by atomic mass is 9.84. The quantitative estimate of drug-likeness (QED) is 0.643. The molecule has 0 unspecified atom stereocenters. The molecule has 0 radical (unpaired) electrons. The Labute approximate surface area is 194 Å².